The van der Waals surface area contributed by atoms with Crippen molar-refractivity contribution < 1.29 is 14.3 Å². The topological polar surface area (TPSA) is 107 Å². The molecule has 0 saturated carbocycles. The second kappa shape index (κ2) is 14.0. The third-order valence-electron chi connectivity index (χ3n) is 8.91. The molecule has 4 N–H and O–H groups in total. The van der Waals surface area contributed by atoms with Gasteiger partial charge in [-0.3, -0.25) is 9.59 Å². The summed E-state index contributed by atoms with van der Waals surface area (Å²) in [4.78, 5) is 29.5. The Hall–Kier alpha value is -2.98. The third kappa shape index (κ3) is 8.53. The van der Waals surface area contributed by atoms with Crippen molar-refractivity contribution in [2.24, 2.45) is 0 Å². The summed E-state index contributed by atoms with van der Waals surface area (Å²) in [5.74, 6) is 0.169. The van der Waals surface area contributed by atoms with Crippen LogP contribution in [0, 0.1) is 0 Å². The van der Waals surface area contributed by atoms with Crippen molar-refractivity contribution in [3.63, 3.8) is 0 Å². The number of phenolic OH excluding ortho intramolecular Hbond substituents is 1. The van der Waals surface area contributed by atoms with E-state index in [4.69, 9.17) is 4.43 Å². The molecule has 9 heteroatoms. The molecule has 2 aromatic carbocycles. The van der Waals surface area contributed by atoms with Crippen LogP contribution in [-0.4, -0.2) is 68.0 Å². The minimum atomic E-state index is -2.13. The highest BCUT2D eigenvalue weighted by atomic mass is 28.4. The lowest BCUT2D eigenvalue weighted by atomic mass is 10.0. The molecule has 1 atom stereocenters. The number of piperidine rings is 1. The van der Waals surface area contributed by atoms with Crippen LogP contribution in [0.5, 0.6) is 5.75 Å². The Balaban J connectivity index is 1.31. The van der Waals surface area contributed by atoms with E-state index in [1.165, 1.54) is 11.6 Å². The summed E-state index contributed by atoms with van der Waals surface area (Å²) in [7, 11) is -2.13. The number of pyridine rings is 1. The van der Waals surface area contributed by atoms with Gasteiger partial charge in [-0.05, 0) is 73.7 Å². The molecule has 1 aliphatic heterocycles. The zero-order chi connectivity index (χ0) is 30.3. The van der Waals surface area contributed by atoms with Crippen LogP contribution < -0.4 is 16.2 Å². The van der Waals surface area contributed by atoms with E-state index in [0.717, 1.165) is 49.8 Å². The summed E-state index contributed by atoms with van der Waals surface area (Å²) in [6.45, 7) is 15.2. The van der Waals surface area contributed by atoms with Crippen molar-refractivity contribution in [3.05, 3.63) is 76.1 Å². The van der Waals surface area contributed by atoms with Gasteiger partial charge in [0.25, 0.3) is 0 Å². The van der Waals surface area contributed by atoms with Crippen LogP contribution in [0.4, 0.5) is 0 Å². The predicted molar refractivity (Wildman–Crippen MR) is 172 cm³/mol. The van der Waals surface area contributed by atoms with Crippen molar-refractivity contribution in [1.29, 1.82) is 0 Å². The van der Waals surface area contributed by atoms with Crippen LogP contribution >= 0.6 is 0 Å². The minimum Gasteiger partial charge on any atom is -0.506 e. The van der Waals surface area contributed by atoms with Crippen LogP contribution in [0.15, 0.2) is 59.4 Å². The van der Waals surface area contributed by atoms with Crippen LogP contribution in [0.2, 0.25) is 18.1 Å². The van der Waals surface area contributed by atoms with Gasteiger partial charge in [-0.1, -0.05) is 57.2 Å². The standard InChI is InChI=1S/C33H48N4O4Si/c1-33(2,3)42(4,5)41-29(26-11-13-28(38)32-27(26)12-14-31(40)36-32)23-35-25-16-20-37(21-17-25)22-18-30(39)34-19-15-24-9-7-6-8-10-24/h6-14,25,29,35,38H,15-23H2,1-5H3,(H,34,39)(H,36,40)/t29-/m0/s1. The Bertz CT molecular complexity index is 1380. The summed E-state index contributed by atoms with van der Waals surface area (Å²) in [6.07, 6.45) is 3.16. The van der Waals surface area contributed by atoms with Gasteiger partial charge in [0.2, 0.25) is 11.5 Å². The Morgan fingerprint density at radius 2 is 1.81 bits per heavy atom. The molecule has 0 radical (unpaired) electrons. The fraction of sp³-hybridized carbons (Fsp3) is 0.515. The zero-order valence-corrected chi connectivity index (χ0v) is 26.8. The SMILES string of the molecule is CC(C)(C)[Si](C)(C)O[C@@H](CNC1CCN(CCC(=O)NCCc2ccccc2)CC1)c1ccc(O)c2[nH]c(=O)ccc12. The number of nitrogens with zero attached hydrogens (tertiary/aromatic N) is 1. The van der Waals surface area contributed by atoms with E-state index in [-0.39, 0.29) is 28.4 Å². The molecule has 4 rings (SSSR count). The number of fused-ring (bicyclic) bond motifs is 1. The number of likely N-dealkylation sites (tertiary alicyclic amines) is 1. The van der Waals surface area contributed by atoms with E-state index >= 15 is 0 Å². The highest BCUT2D eigenvalue weighted by molar-refractivity contribution is 6.74. The highest BCUT2D eigenvalue weighted by Gasteiger charge is 2.40. The number of amides is 1. The number of hydrogen-bond donors (Lipinski definition) is 4. The molecule has 1 fully saturated rings. The smallest absolute Gasteiger partial charge is 0.248 e. The largest absolute Gasteiger partial charge is 0.506 e. The van der Waals surface area contributed by atoms with Crippen LogP contribution in [0.3, 0.4) is 0 Å². The zero-order valence-electron chi connectivity index (χ0n) is 25.8. The van der Waals surface area contributed by atoms with Gasteiger partial charge in [-0.2, -0.15) is 0 Å². The minimum absolute atomic E-state index is 0.0332. The Labute approximate surface area is 251 Å². The number of rotatable bonds is 12. The Morgan fingerprint density at radius 3 is 2.50 bits per heavy atom. The number of benzene rings is 2. The molecular formula is C33H48N4O4Si. The van der Waals surface area contributed by atoms with Gasteiger partial charge in [-0.15, -0.1) is 0 Å². The van der Waals surface area contributed by atoms with Crippen molar-refractivity contribution in [2.45, 2.75) is 76.7 Å². The first-order valence-corrected chi connectivity index (χ1v) is 18.1. The molecule has 0 unspecified atom stereocenters. The maximum Gasteiger partial charge on any atom is 0.248 e. The second-order valence-corrected chi connectivity index (χ2v) is 17.8. The number of H-pyrrole nitrogens is 1. The van der Waals surface area contributed by atoms with Crippen molar-refractivity contribution >= 4 is 25.1 Å². The van der Waals surface area contributed by atoms with Crippen molar-refractivity contribution in [1.82, 2.24) is 20.5 Å². The van der Waals surface area contributed by atoms with Gasteiger partial charge >= 0.3 is 0 Å². The number of carbonyl (C=O) groups is 1. The van der Waals surface area contributed by atoms with Crippen LogP contribution in [0.1, 0.15) is 57.3 Å². The average Bonchev–Trinajstić information content (AvgIpc) is 2.95. The molecule has 2 heterocycles. The van der Waals surface area contributed by atoms with Crippen LogP contribution in [-0.2, 0) is 15.6 Å². The van der Waals surface area contributed by atoms with Gasteiger partial charge in [0, 0.05) is 43.5 Å². The summed E-state index contributed by atoms with van der Waals surface area (Å²) >= 11 is 0. The molecule has 1 aliphatic rings. The molecule has 3 aromatic rings. The van der Waals surface area contributed by atoms with Gasteiger partial charge in [0.15, 0.2) is 8.32 Å². The summed E-state index contributed by atoms with van der Waals surface area (Å²) in [5.41, 5.74) is 2.40. The molecule has 1 amide bonds. The number of carbonyl (C=O) groups excluding carboxylic acids is 1. The molecular weight excluding hydrogens is 544 g/mol. The fourth-order valence-corrected chi connectivity index (χ4v) is 6.54. The second-order valence-electron chi connectivity index (χ2n) is 13.0. The van der Waals surface area contributed by atoms with Gasteiger partial charge < -0.3 is 30.0 Å². The molecule has 1 aromatic heterocycles. The Kier molecular flexibility index (Phi) is 10.6. The predicted octanol–water partition coefficient (Wildman–Crippen LogP) is 5.10. The monoisotopic (exact) mass is 592 g/mol. The van der Waals surface area contributed by atoms with Gasteiger partial charge in [0.1, 0.15) is 5.75 Å². The van der Waals surface area contributed by atoms with E-state index in [9.17, 15) is 14.7 Å². The molecule has 1 saturated heterocycles. The number of aromatic nitrogens is 1. The lowest BCUT2D eigenvalue weighted by Gasteiger charge is -2.40. The molecule has 228 valence electrons. The molecule has 0 spiro atoms. The highest BCUT2D eigenvalue weighted by Crippen LogP contribution is 2.41. The molecule has 42 heavy (non-hydrogen) atoms. The fourth-order valence-electron chi connectivity index (χ4n) is 5.26. The third-order valence-corrected chi connectivity index (χ3v) is 13.4. The van der Waals surface area contributed by atoms with E-state index in [1.54, 1.807) is 12.1 Å². The summed E-state index contributed by atoms with van der Waals surface area (Å²) in [6, 6.07) is 17.4. The van der Waals surface area contributed by atoms with Gasteiger partial charge in [0.05, 0.1) is 11.6 Å². The maximum atomic E-state index is 12.4. The number of aromatic hydroxyl groups is 1. The van der Waals surface area contributed by atoms with E-state index in [2.05, 4.69) is 66.5 Å². The summed E-state index contributed by atoms with van der Waals surface area (Å²) < 4.78 is 6.95. The first-order valence-electron chi connectivity index (χ1n) is 15.2. The quantitative estimate of drug-likeness (QED) is 0.218. The average molecular weight is 593 g/mol. The van der Waals surface area contributed by atoms with Crippen molar-refractivity contribution in [2.75, 3.05) is 32.7 Å². The molecule has 8 nitrogen and oxygen atoms in total. The number of aromatic amines is 1. The first-order chi connectivity index (χ1) is 19.9. The molecule has 0 aliphatic carbocycles. The van der Waals surface area contributed by atoms with E-state index in [0.29, 0.717) is 31.1 Å². The Morgan fingerprint density at radius 1 is 1.10 bits per heavy atom. The number of hydrogen-bond acceptors (Lipinski definition) is 6. The lowest BCUT2D eigenvalue weighted by Crippen LogP contribution is -2.47. The normalized spacial score (nSPS) is 16.0. The van der Waals surface area contributed by atoms with E-state index in [1.807, 2.05) is 24.3 Å². The molecule has 0 bridgehead atoms. The first kappa shape index (κ1) is 31.9. The number of phenols is 1. The van der Waals surface area contributed by atoms with Crippen molar-refractivity contribution in [3.8, 4) is 5.75 Å². The van der Waals surface area contributed by atoms with Crippen LogP contribution in [0.25, 0.3) is 10.9 Å². The maximum absolute atomic E-state index is 12.4. The lowest BCUT2D eigenvalue weighted by molar-refractivity contribution is -0.121. The summed E-state index contributed by atoms with van der Waals surface area (Å²) in [5, 5.41) is 18.1. The van der Waals surface area contributed by atoms with Gasteiger partial charge in [-0.25, -0.2) is 0 Å². The number of nitrogens with one attached hydrogen (secondary N) is 3. The van der Waals surface area contributed by atoms with E-state index < -0.39 is 8.32 Å².